The molecule has 1 N–H and O–H groups in total. The highest BCUT2D eigenvalue weighted by Crippen LogP contribution is 2.48. The molecule has 118 valence electrons. The Bertz CT molecular complexity index is 485. The third kappa shape index (κ3) is 2.87. The van der Waals surface area contributed by atoms with Gasteiger partial charge in [-0.3, -0.25) is 0 Å². The van der Waals surface area contributed by atoms with Crippen molar-refractivity contribution in [2.24, 2.45) is 0 Å². The third-order valence-electron chi connectivity index (χ3n) is 4.93. The first kappa shape index (κ1) is 16.1. The summed E-state index contributed by atoms with van der Waals surface area (Å²) in [5, 5.41) is 10.9. The molecule has 0 aromatic heterocycles. The van der Waals surface area contributed by atoms with E-state index >= 15 is 0 Å². The van der Waals surface area contributed by atoms with Gasteiger partial charge in [0.25, 0.3) is 0 Å². The van der Waals surface area contributed by atoms with Crippen molar-refractivity contribution >= 4 is 0 Å². The highest BCUT2D eigenvalue weighted by molar-refractivity contribution is 5.47. The molecule has 1 aromatic rings. The quantitative estimate of drug-likeness (QED) is 0.926. The van der Waals surface area contributed by atoms with E-state index < -0.39 is 5.60 Å². The second kappa shape index (κ2) is 5.85. The summed E-state index contributed by atoms with van der Waals surface area (Å²) in [5.41, 5.74) is -0.0993. The Kier molecular flexibility index (Phi) is 4.49. The van der Waals surface area contributed by atoms with Gasteiger partial charge in [-0.2, -0.15) is 0 Å². The van der Waals surface area contributed by atoms with Crippen LogP contribution < -0.4 is 9.47 Å². The number of rotatable bonds is 4. The van der Waals surface area contributed by atoms with Gasteiger partial charge in [-0.15, -0.1) is 0 Å². The SMILES string of the molecule is COc1ccc(OC)c(C2(C(C)(C)O)CCN(C)CC2)c1. The topological polar surface area (TPSA) is 41.9 Å². The lowest BCUT2D eigenvalue weighted by atomic mass is 9.63. The number of ether oxygens (including phenoxy) is 2. The molecule has 0 unspecified atom stereocenters. The van der Waals surface area contributed by atoms with E-state index in [9.17, 15) is 5.11 Å². The van der Waals surface area contributed by atoms with Crippen molar-refractivity contribution in [3.8, 4) is 11.5 Å². The summed E-state index contributed by atoms with van der Waals surface area (Å²) in [7, 11) is 5.46. The van der Waals surface area contributed by atoms with E-state index in [2.05, 4.69) is 11.9 Å². The highest BCUT2D eigenvalue weighted by atomic mass is 16.5. The normalized spacial score (nSPS) is 19.3. The van der Waals surface area contributed by atoms with E-state index in [4.69, 9.17) is 9.47 Å². The summed E-state index contributed by atoms with van der Waals surface area (Å²) in [4.78, 5) is 2.30. The molecule has 4 heteroatoms. The van der Waals surface area contributed by atoms with Crippen molar-refractivity contribution in [2.75, 3.05) is 34.4 Å². The molecule has 0 atom stereocenters. The number of hydrogen-bond acceptors (Lipinski definition) is 4. The maximum absolute atomic E-state index is 10.9. The molecule has 0 spiro atoms. The monoisotopic (exact) mass is 293 g/mol. The van der Waals surface area contributed by atoms with E-state index in [0.717, 1.165) is 43.0 Å². The van der Waals surface area contributed by atoms with Crippen molar-refractivity contribution in [2.45, 2.75) is 37.7 Å². The van der Waals surface area contributed by atoms with Gasteiger partial charge in [0.05, 0.1) is 19.8 Å². The number of nitrogens with zero attached hydrogens (tertiary/aromatic N) is 1. The first-order valence-corrected chi connectivity index (χ1v) is 7.47. The van der Waals surface area contributed by atoms with Crippen LogP contribution in [-0.2, 0) is 5.41 Å². The van der Waals surface area contributed by atoms with Crippen LogP contribution in [0.4, 0.5) is 0 Å². The summed E-state index contributed by atoms with van der Waals surface area (Å²) >= 11 is 0. The number of aliphatic hydroxyl groups is 1. The van der Waals surface area contributed by atoms with Crippen LogP contribution in [0.1, 0.15) is 32.3 Å². The average molecular weight is 293 g/mol. The van der Waals surface area contributed by atoms with Gasteiger partial charge in [-0.25, -0.2) is 0 Å². The lowest BCUT2D eigenvalue weighted by molar-refractivity contribution is -0.0372. The van der Waals surface area contributed by atoms with Gasteiger partial charge in [0.15, 0.2) is 0 Å². The molecule has 1 aromatic carbocycles. The minimum Gasteiger partial charge on any atom is -0.497 e. The van der Waals surface area contributed by atoms with Crippen molar-refractivity contribution in [1.82, 2.24) is 4.90 Å². The van der Waals surface area contributed by atoms with Gasteiger partial charge in [0, 0.05) is 11.0 Å². The Balaban J connectivity index is 2.56. The second-order valence-corrected chi connectivity index (χ2v) is 6.51. The summed E-state index contributed by atoms with van der Waals surface area (Å²) in [5.74, 6) is 1.62. The van der Waals surface area contributed by atoms with Crippen LogP contribution in [0.5, 0.6) is 11.5 Å². The van der Waals surface area contributed by atoms with Gasteiger partial charge < -0.3 is 19.5 Å². The Hall–Kier alpha value is -1.26. The van der Waals surface area contributed by atoms with Gasteiger partial charge in [-0.05, 0) is 65.0 Å². The molecular formula is C17H27NO3. The van der Waals surface area contributed by atoms with Crippen LogP contribution in [0.2, 0.25) is 0 Å². The Morgan fingerprint density at radius 2 is 1.76 bits per heavy atom. The largest absolute Gasteiger partial charge is 0.497 e. The average Bonchev–Trinajstić information content (AvgIpc) is 2.46. The third-order valence-corrected chi connectivity index (χ3v) is 4.93. The molecule has 1 aliphatic heterocycles. The molecule has 1 aliphatic rings. The van der Waals surface area contributed by atoms with E-state index in [0.29, 0.717) is 0 Å². The molecular weight excluding hydrogens is 266 g/mol. The number of likely N-dealkylation sites (tertiary alicyclic amines) is 1. The van der Waals surface area contributed by atoms with Crippen molar-refractivity contribution in [3.05, 3.63) is 23.8 Å². The molecule has 1 saturated heterocycles. The van der Waals surface area contributed by atoms with E-state index in [1.165, 1.54) is 0 Å². The Morgan fingerprint density at radius 1 is 1.14 bits per heavy atom. The zero-order valence-corrected chi connectivity index (χ0v) is 13.8. The first-order chi connectivity index (χ1) is 9.84. The zero-order valence-electron chi connectivity index (χ0n) is 13.8. The zero-order chi connectivity index (χ0) is 15.7. The standard InChI is InChI=1S/C17H27NO3/c1-16(2,19)17(8-10-18(3)11-9-17)14-12-13(20-4)6-7-15(14)21-5/h6-7,12,19H,8-11H2,1-5H3. The van der Waals surface area contributed by atoms with Crippen LogP contribution in [-0.4, -0.2) is 50.0 Å². The fourth-order valence-corrected chi connectivity index (χ4v) is 3.40. The fraction of sp³-hybridized carbons (Fsp3) is 0.647. The van der Waals surface area contributed by atoms with Crippen LogP contribution in [0.25, 0.3) is 0 Å². The summed E-state index contributed by atoms with van der Waals surface area (Å²) in [6.45, 7) is 5.73. The van der Waals surface area contributed by atoms with Crippen molar-refractivity contribution in [3.63, 3.8) is 0 Å². The second-order valence-electron chi connectivity index (χ2n) is 6.51. The van der Waals surface area contributed by atoms with Crippen LogP contribution in [0, 0.1) is 0 Å². The lowest BCUT2D eigenvalue weighted by Gasteiger charge is -2.49. The molecule has 0 bridgehead atoms. The molecule has 0 amide bonds. The summed E-state index contributed by atoms with van der Waals surface area (Å²) < 4.78 is 10.9. The van der Waals surface area contributed by atoms with Gasteiger partial charge in [0.2, 0.25) is 0 Å². The van der Waals surface area contributed by atoms with Crippen molar-refractivity contribution < 1.29 is 14.6 Å². The fourth-order valence-electron chi connectivity index (χ4n) is 3.40. The molecule has 0 aliphatic carbocycles. The number of piperidine rings is 1. The number of hydrogen-bond donors (Lipinski definition) is 1. The molecule has 21 heavy (non-hydrogen) atoms. The summed E-state index contributed by atoms with van der Waals surface area (Å²) in [6, 6.07) is 5.84. The van der Waals surface area contributed by atoms with Crippen LogP contribution >= 0.6 is 0 Å². The van der Waals surface area contributed by atoms with Gasteiger partial charge in [0.1, 0.15) is 11.5 Å². The van der Waals surface area contributed by atoms with E-state index in [-0.39, 0.29) is 5.41 Å². The molecule has 0 saturated carbocycles. The highest BCUT2D eigenvalue weighted by Gasteiger charge is 2.48. The maximum atomic E-state index is 10.9. The Morgan fingerprint density at radius 3 is 2.24 bits per heavy atom. The molecule has 2 rings (SSSR count). The number of benzene rings is 1. The van der Waals surface area contributed by atoms with Gasteiger partial charge in [-0.1, -0.05) is 0 Å². The first-order valence-electron chi connectivity index (χ1n) is 7.47. The predicted octanol–water partition coefficient (Wildman–Crippen LogP) is 2.44. The number of methoxy groups -OCH3 is 2. The van der Waals surface area contributed by atoms with Crippen molar-refractivity contribution in [1.29, 1.82) is 0 Å². The smallest absolute Gasteiger partial charge is 0.122 e. The predicted molar refractivity (Wildman–Crippen MR) is 84.3 cm³/mol. The van der Waals surface area contributed by atoms with E-state index in [1.807, 2.05) is 32.0 Å². The minimum atomic E-state index is -0.825. The molecule has 1 fully saturated rings. The maximum Gasteiger partial charge on any atom is 0.122 e. The van der Waals surface area contributed by atoms with Gasteiger partial charge >= 0.3 is 0 Å². The van der Waals surface area contributed by atoms with Crippen LogP contribution in [0.3, 0.4) is 0 Å². The molecule has 1 heterocycles. The van der Waals surface area contributed by atoms with E-state index in [1.54, 1.807) is 14.2 Å². The summed E-state index contributed by atoms with van der Waals surface area (Å²) in [6.07, 6.45) is 1.80. The molecule has 0 radical (unpaired) electrons. The Labute approximate surface area is 127 Å². The van der Waals surface area contributed by atoms with Crippen LogP contribution in [0.15, 0.2) is 18.2 Å². The molecule has 4 nitrogen and oxygen atoms in total. The minimum absolute atomic E-state index is 0.320. The lowest BCUT2D eigenvalue weighted by Crippen LogP contribution is -2.53.